The van der Waals surface area contributed by atoms with Crippen molar-refractivity contribution in [2.75, 3.05) is 13.2 Å². The first-order chi connectivity index (χ1) is 14.5. The van der Waals surface area contributed by atoms with Gasteiger partial charge in [-0.1, -0.05) is 65.6 Å². The molecule has 0 unspecified atom stereocenters. The van der Waals surface area contributed by atoms with E-state index in [1.54, 1.807) is 48.5 Å². The molecule has 3 aromatic rings. The monoisotopic (exact) mass is 446 g/mol. The molecule has 9 heteroatoms. The van der Waals surface area contributed by atoms with Crippen LogP contribution in [0.25, 0.3) is 22.5 Å². The zero-order chi connectivity index (χ0) is 21.5. The molecular weight excluding hydrogens is 427 g/mol. The van der Waals surface area contributed by atoms with E-state index in [1.165, 1.54) is 0 Å². The number of ether oxygens (including phenoxy) is 1. The third kappa shape index (κ3) is 5.58. The highest BCUT2D eigenvalue weighted by molar-refractivity contribution is 6.31. The summed E-state index contributed by atoms with van der Waals surface area (Å²) in [5.74, 6) is -0.514. The maximum absolute atomic E-state index is 12.5. The van der Waals surface area contributed by atoms with Gasteiger partial charge in [0.25, 0.3) is 0 Å². The Balaban J connectivity index is 1.84. The van der Waals surface area contributed by atoms with Crippen LogP contribution in [0.5, 0.6) is 0 Å². The highest BCUT2D eigenvalue weighted by Crippen LogP contribution is 2.30. The van der Waals surface area contributed by atoms with Gasteiger partial charge in [-0.15, -0.1) is 10.2 Å². The molecule has 0 aliphatic heterocycles. The second-order valence-corrected chi connectivity index (χ2v) is 7.31. The van der Waals surface area contributed by atoms with Gasteiger partial charge in [0.1, 0.15) is 17.9 Å². The SMILES string of the molecule is CCCCOC(=O)CNC(=O)n1nc(-c2ccc(Cl)cc2)c(-c2ccc(Cl)cc2)n1. The summed E-state index contributed by atoms with van der Waals surface area (Å²) in [6, 6.07) is 13.4. The van der Waals surface area contributed by atoms with Crippen molar-refractivity contribution >= 4 is 35.2 Å². The lowest BCUT2D eigenvalue weighted by Crippen LogP contribution is -2.35. The van der Waals surface area contributed by atoms with Gasteiger partial charge >= 0.3 is 12.0 Å². The smallest absolute Gasteiger partial charge is 0.359 e. The summed E-state index contributed by atoms with van der Waals surface area (Å²) in [5.41, 5.74) is 2.47. The number of esters is 1. The molecule has 0 aliphatic carbocycles. The first-order valence-electron chi connectivity index (χ1n) is 9.41. The van der Waals surface area contributed by atoms with Gasteiger partial charge in [-0.3, -0.25) is 4.79 Å². The third-order valence-corrected chi connectivity index (χ3v) is 4.68. The van der Waals surface area contributed by atoms with Crippen LogP contribution in [0.15, 0.2) is 48.5 Å². The van der Waals surface area contributed by atoms with Crippen LogP contribution in [0.4, 0.5) is 4.79 Å². The molecule has 1 N–H and O–H groups in total. The van der Waals surface area contributed by atoms with Crippen molar-refractivity contribution in [1.82, 2.24) is 20.3 Å². The predicted molar refractivity (Wildman–Crippen MR) is 116 cm³/mol. The van der Waals surface area contributed by atoms with Gasteiger partial charge in [0.15, 0.2) is 0 Å². The van der Waals surface area contributed by atoms with E-state index in [9.17, 15) is 9.59 Å². The van der Waals surface area contributed by atoms with E-state index in [0.29, 0.717) is 28.0 Å². The number of benzene rings is 2. The number of nitrogens with one attached hydrogen (secondary N) is 1. The number of hydrogen-bond acceptors (Lipinski definition) is 5. The number of halogens is 2. The lowest BCUT2D eigenvalue weighted by molar-refractivity contribution is -0.142. The molecule has 156 valence electrons. The number of nitrogens with zero attached hydrogens (tertiary/aromatic N) is 3. The molecule has 0 aliphatic rings. The molecule has 0 saturated carbocycles. The average molecular weight is 447 g/mol. The predicted octanol–water partition coefficient (Wildman–Crippen LogP) is 4.82. The van der Waals surface area contributed by atoms with Crippen LogP contribution in [0.3, 0.4) is 0 Å². The molecule has 1 aromatic heterocycles. The Morgan fingerprint density at radius 1 is 0.933 bits per heavy atom. The molecule has 0 atom stereocenters. The van der Waals surface area contributed by atoms with Crippen LogP contribution in [0, 0.1) is 0 Å². The normalized spacial score (nSPS) is 10.6. The Morgan fingerprint density at radius 2 is 1.43 bits per heavy atom. The van der Waals surface area contributed by atoms with E-state index in [-0.39, 0.29) is 6.54 Å². The van der Waals surface area contributed by atoms with E-state index in [2.05, 4.69) is 15.5 Å². The molecular formula is C21H20Cl2N4O3. The lowest BCUT2D eigenvalue weighted by atomic mass is 10.1. The first kappa shape index (κ1) is 21.8. The van der Waals surface area contributed by atoms with E-state index in [4.69, 9.17) is 27.9 Å². The van der Waals surface area contributed by atoms with Gasteiger partial charge in [0, 0.05) is 21.2 Å². The summed E-state index contributed by atoms with van der Waals surface area (Å²) in [4.78, 5) is 25.1. The molecule has 0 saturated heterocycles. The summed E-state index contributed by atoms with van der Waals surface area (Å²) in [7, 11) is 0. The van der Waals surface area contributed by atoms with Crippen LogP contribution in [-0.4, -0.2) is 40.1 Å². The lowest BCUT2D eigenvalue weighted by Gasteiger charge is -2.05. The van der Waals surface area contributed by atoms with Crippen LogP contribution >= 0.6 is 23.2 Å². The first-order valence-corrected chi connectivity index (χ1v) is 10.2. The van der Waals surface area contributed by atoms with Crippen molar-refractivity contribution in [3.63, 3.8) is 0 Å². The summed E-state index contributed by atoms with van der Waals surface area (Å²) in [5, 5.41) is 12.3. The number of hydrogen-bond donors (Lipinski definition) is 1. The fourth-order valence-electron chi connectivity index (χ4n) is 2.60. The average Bonchev–Trinajstić information content (AvgIpc) is 3.19. The van der Waals surface area contributed by atoms with Crippen LogP contribution < -0.4 is 5.32 Å². The van der Waals surface area contributed by atoms with Crippen LogP contribution in [0.1, 0.15) is 19.8 Å². The summed E-state index contributed by atoms with van der Waals surface area (Å²) in [6.07, 6.45) is 1.69. The largest absolute Gasteiger partial charge is 0.464 e. The molecule has 1 amide bonds. The number of rotatable bonds is 7. The molecule has 0 spiro atoms. The Hall–Kier alpha value is -2.90. The summed E-state index contributed by atoms with van der Waals surface area (Å²) < 4.78 is 5.03. The number of amides is 1. The second kappa shape index (κ2) is 10.2. The molecule has 30 heavy (non-hydrogen) atoms. The van der Waals surface area contributed by atoms with Gasteiger partial charge < -0.3 is 10.1 Å². The maximum Gasteiger partial charge on any atom is 0.359 e. The van der Waals surface area contributed by atoms with E-state index in [0.717, 1.165) is 28.8 Å². The van der Waals surface area contributed by atoms with Crippen molar-refractivity contribution in [1.29, 1.82) is 0 Å². The molecule has 2 aromatic carbocycles. The Kier molecular flexibility index (Phi) is 7.43. The topological polar surface area (TPSA) is 86.1 Å². The zero-order valence-corrected chi connectivity index (χ0v) is 17.8. The van der Waals surface area contributed by atoms with E-state index in [1.807, 2.05) is 6.92 Å². The van der Waals surface area contributed by atoms with Gasteiger partial charge in [0.2, 0.25) is 0 Å². The second-order valence-electron chi connectivity index (χ2n) is 6.43. The van der Waals surface area contributed by atoms with Crippen molar-refractivity contribution in [3.8, 4) is 22.5 Å². The Labute approximate surface area is 183 Å². The summed E-state index contributed by atoms with van der Waals surface area (Å²) >= 11 is 12.0. The van der Waals surface area contributed by atoms with Gasteiger partial charge in [-0.05, 0) is 30.7 Å². The number of unbranched alkanes of at least 4 members (excludes halogenated alkanes) is 1. The fraction of sp³-hybridized carbons (Fsp3) is 0.238. The minimum absolute atomic E-state index is 0.267. The van der Waals surface area contributed by atoms with E-state index < -0.39 is 12.0 Å². The van der Waals surface area contributed by atoms with Crippen molar-refractivity contribution in [3.05, 3.63) is 58.6 Å². The zero-order valence-electron chi connectivity index (χ0n) is 16.3. The molecule has 0 bridgehead atoms. The highest BCUT2D eigenvalue weighted by atomic mass is 35.5. The van der Waals surface area contributed by atoms with Crippen molar-refractivity contribution in [2.24, 2.45) is 0 Å². The maximum atomic E-state index is 12.5. The number of carbonyl (C=O) groups excluding carboxylic acids is 2. The number of carbonyl (C=O) groups is 2. The minimum atomic E-state index is -0.641. The summed E-state index contributed by atoms with van der Waals surface area (Å²) in [6.45, 7) is 2.05. The van der Waals surface area contributed by atoms with Gasteiger partial charge in [0.05, 0.1) is 6.61 Å². The fourth-order valence-corrected chi connectivity index (χ4v) is 2.85. The Morgan fingerprint density at radius 3 is 1.90 bits per heavy atom. The van der Waals surface area contributed by atoms with Crippen LogP contribution in [-0.2, 0) is 9.53 Å². The molecule has 7 nitrogen and oxygen atoms in total. The van der Waals surface area contributed by atoms with Crippen molar-refractivity contribution in [2.45, 2.75) is 19.8 Å². The number of aromatic nitrogens is 3. The Bertz CT molecular complexity index is 955. The van der Waals surface area contributed by atoms with Crippen molar-refractivity contribution < 1.29 is 14.3 Å². The molecule has 0 fully saturated rings. The molecule has 1 heterocycles. The third-order valence-electron chi connectivity index (χ3n) is 4.18. The molecule has 0 radical (unpaired) electrons. The molecule has 3 rings (SSSR count). The van der Waals surface area contributed by atoms with Gasteiger partial charge in [-0.2, -0.15) is 0 Å². The minimum Gasteiger partial charge on any atom is -0.464 e. The standard InChI is InChI=1S/C21H20Cl2N4O3/c1-2-3-12-30-18(28)13-24-21(29)27-25-19(14-4-8-16(22)9-5-14)20(26-27)15-6-10-17(23)11-7-15/h4-11H,2-3,12-13H2,1H3,(H,24,29). The van der Waals surface area contributed by atoms with Gasteiger partial charge in [-0.25, -0.2) is 4.79 Å². The quantitative estimate of drug-likeness (QED) is 0.415. The highest BCUT2D eigenvalue weighted by Gasteiger charge is 2.19. The van der Waals surface area contributed by atoms with Crippen LogP contribution in [0.2, 0.25) is 10.0 Å². The van der Waals surface area contributed by atoms with E-state index >= 15 is 0 Å².